The number of hydrogen-bond acceptors (Lipinski definition) is 4. The molecule has 3 unspecified atom stereocenters. The van der Waals surface area contributed by atoms with Crippen molar-refractivity contribution >= 4 is 5.91 Å². The summed E-state index contributed by atoms with van der Waals surface area (Å²) in [5, 5.41) is 15.7. The van der Waals surface area contributed by atoms with Gasteiger partial charge >= 0.3 is 0 Å². The van der Waals surface area contributed by atoms with Gasteiger partial charge in [-0.2, -0.15) is 5.10 Å². The normalized spacial score (nSPS) is 16.3. The number of nitrogens with zero attached hydrogens (tertiary/aromatic N) is 2. The highest BCUT2D eigenvalue weighted by Crippen LogP contribution is 2.10. The van der Waals surface area contributed by atoms with Gasteiger partial charge in [-0.15, -0.1) is 0 Å². The van der Waals surface area contributed by atoms with Crippen LogP contribution in [0, 0.1) is 5.92 Å². The van der Waals surface area contributed by atoms with Gasteiger partial charge in [-0.05, 0) is 12.8 Å². The largest absolute Gasteiger partial charge is 0.396 e. The van der Waals surface area contributed by atoms with Crippen molar-refractivity contribution in [3.05, 3.63) is 18.0 Å². The molecule has 4 N–H and O–H groups in total. The molecule has 0 saturated heterocycles. The Morgan fingerprint density at radius 3 is 2.76 bits per heavy atom. The van der Waals surface area contributed by atoms with Crippen LogP contribution in [0.15, 0.2) is 12.4 Å². The Kier molecular flexibility index (Phi) is 4.65. The van der Waals surface area contributed by atoms with E-state index in [0.29, 0.717) is 5.56 Å². The summed E-state index contributed by atoms with van der Waals surface area (Å²) >= 11 is 0. The van der Waals surface area contributed by atoms with Crippen LogP contribution < -0.4 is 11.1 Å². The van der Waals surface area contributed by atoms with Gasteiger partial charge in [0.15, 0.2) is 0 Å². The first-order chi connectivity index (χ1) is 7.95. The van der Waals surface area contributed by atoms with Crippen LogP contribution in [0.4, 0.5) is 0 Å². The maximum Gasteiger partial charge on any atom is 0.241 e. The molecule has 0 aliphatic heterocycles. The van der Waals surface area contributed by atoms with Gasteiger partial charge in [-0.3, -0.25) is 9.48 Å². The molecule has 0 radical (unpaired) electrons. The predicted octanol–water partition coefficient (Wildman–Crippen LogP) is -0.447. The fourth-order valence-corrected chi connectivity index (χ4v) is 1.37. The Balaban J connectivity index is 2.58. The second-order valence-corrected chi connectivity index (χ2v) is 4.38. The quantitative estimate of drug-likeness (QED) is 0.650. The minimum Gasteiger partial charge on any atom is -0.396 e. The number of hydrogen-bond donors (Lipinski definition) is 3. The summed E-state index contributed by atoms with van der Waals surface area (Å²) in [5.74, 6) is -0.258. The molecule has 96 valence electrons. The summed E-state index contributed by atoms with van der Waals surface area (Å²) in [4.78, 5) is 11.8. The molecule has 1 heterocycles. The van der Waals surface area contributed by atoms with Crippen molar-refractivity contribution in [1.29, 1.82) is 0 Å². The summed E-state index contributed by atoms with van der Waals surface area (Å²) in [6.07, 6.45) is 3.29. The first kappa shape index (κ1) is 13.7. The lowest BCUT2D eigenvalue weighted by atomic mass is 10.0. The zero-order chi connectivity index (χ0) is 13.0. The third-order valence-electron chi connectivity index (χ3n) is 2.88. The number of carbonyl (C=O) groups excluding carboxylic acids is 1. The van der Waals surface area contributed by atoms with E-state index in [0.717, 1.165) is 0 Å². The molecule has 0 spiro atoms. The van der Waals surface area contributed by atoms with E-state index in [9.17, 15) is 4.79 Å². The van der Waals surface area contributed by atoms with E-state index in [1.807, 2.05) is 13.8 Å². The lowest BCUT2D eigenvalue weighted by Crippen LogP contribution is -2.43. The zero-order valence-electron chi connectivity index (χ0n) is 10.4. The first-order valence-corrected chi connectivity index (χ1v) is 5.61. The van der Waals surface area contributed by atoms with Crippen molar-refractivity contribution in [3.8, 4) is 0 Å². The van der Waals surface area contributed by atoms with E-state index in [2.05, 4.69) is 10.4 Å². The highest BCUT2D eigenvalue weighted by Gasteiger charge is 2.21. The lowest BCUT2D eigenvalue weighted by molar-refractivity contribution is -0.123. The third-order valence-corrected chi connectivity index (χ3v) is 2.88. The Labute approximate surface area is 101 Å². The van der Waals surface area contributed by atoms with Gasteiger partial charge in [0.1, 0.15) is 6.04 Å². The number of rotatable bonds is 5. The second kappa shape index (κ2) is 5.79. The topological polar surface area (TPSA) is 93.2 Å². The molecule has 6 heteroatoms. The number of amides is 1. The van der Waals surface area contributed by atoms with E-state index in [1.165, 1.54) is 0 Å². The van der Waals surface area contributed by atoms with E-state index >= 15 is 0 Å². The monoisotopic (exact) mass is 240 g/mol. The van der Waals surface area contributed by atoms with Gasteiger partial charge in [-0.25, -0.2) is 0 Å². The molecule has 0 aromatic carbocycles. The smallest absolute Gasteiger partial charge is 0.241 e. The number of aromatic nitrogens is 2. The van der Waals surface area contributed by atoms with Crippen molar-refractivity contribution < 1.29 is 9.90 Å². The number of nitrogens with two attached hydrogens (primary N) is 1. The molecule has 1 amide bonds. The van der Waals surface area contributed by atoms with Crippen LogP contribution in [0.1, 0.15) is 25.5 Å². The van der Waals surface area contributed by atoms with Crippen molar-refractivity contribution in [1.82, 2.24) is 15.1 Å². The lowest BCUT2D eigenvalue weighted by Gasteiger charge is -2.21. The Morgan fingerprint density at radius 1 is 1.65 bits per heavy atom. The van der Waals surface area contributed by atoms with Crippen LogP contribution in [-0.2, 0) is 11.8 Å². The number of aliphatic hydroxyl groups is 1. The second-order valence-electron chi connectivity index (χ2n) is 4.38. The van der Waals surface area contributed by atoms with Gasteiger partial charge in [-0.1, -0.05) is 6.92 Å². The highest BCUT2D eigenvalue weighted by atomic mass is 16.3. The van der Waals surface area contributed by atoms with E-state index in [1.54, 1.807) is 24.1 Å². The molecule has 0 aliphatic carbocycles. The molecule has 17 heavy (non-hydrogen) atoms. The van der Waals surface area contributed by atoms with E-state index in [4.69, 9.17) is 10.8 Å². The Hall–Kier alpha value is -1.40. The highest BCUT2D eigenvalue weighted by molar-refractivity contribution is 5.83. The van der Waals surface area contributed by atoms with Crippen LogP contribution in [0.3, 0.4) is 0 Å². The molecule has 1 aromatic rings. The third kappa shape index (κ3) is 3.54. The standard InChI is InChI=1S/C11H20N4O2/c1-7(6-16)8(2)14-11(17)10(12)9-4-13-15(3)5-9/h4-5,7-8,10,16H,6,12H2,1-3H3,(H,14,17). The molecule has 0 bridgehead atoms. The van der Waals surface area contributed by atoms with Crippen molar-refractivity contribution in [3.63, 3.8) is 0 Å². The molecule has 1 rings (SSSR count). The maximum absolute atomic E-state index is 11.8. The average Bonchev–Trinajstić information content (AvgIpc) is 2.73. The van der Waals surface area contributed by atoms with Crippen LogP contribution in [0.25, 0.3) is 0 Å². The van der Waals surface area contributed by atoms with E-state index in [-0.39, 0.29) is 24.5 Å². The molecule has 1 aromatic heterocycles. The molecular weight excluding hydrogens is 220 g/mol. The zero-order valence-corrected chi connectivity index (χ0v) is 10.4. The summed E-state index contributed by atoms with van der Waals surface area (Å²) in [6.45, 7) is 3.73. The minimum absolute atomic E-state index is 0.0000448. The van der Waals surface area contributed by atoms with E-state index < -0.39 is 6.04 Å². The van der Waals surface area contributed by atoms with Gasteiger partial charge in [0.2, 0.25) is 5.91 Å². The Bertz CT molecular complexity index is 377. The summed E-state index contributed by atoms with van der Waals surface area (Å²) in [5.41, 5.74) is 6.49. The maximum atomic E-state index is 11.8. The van der Waals surface area contributed by atoms with Crippen LogP contribution in [-0.4, -0.2) is 33.4 Å². The van der Waals surface area contributed by atoms with Crippen molar-refractivity contribution in [2.45, 2.75) is 25.9 Å². The minimum atomic E-state index is -0.725. The number of aryl methyl sites for hydroxylation is 1. The summed E-state index contributed by atoms with van der Waals surface area (Å²) in [6, 6.07) is -0.840. The molecule has 0 saturated carbocycles. The summed E-state index contributed by atoms with van der Waals surface area (Å²) in [7, 11) is 1.77. The Morgan fingerprint density at radius 2 is 2.29 bits per heavy atom. The predicted molar refractivity (Wildman–Crippen MR) is 64.0 cm³/mol. The molecular formula is C11H20N4O2. The molecule has 3 atom stereocenters. The van der Waals surface area contributed by atoms with Crippen LogP contribution >= 0.6 is 0 Å². The number of nitrogens with one attached hydrogen (secondary N) is 1. The van der Waals surface area contributed by atoms with Gasteiger partial charge in [0.25, 0.3) is 0 Å². The number of carbonyl (C=O) groups is 1. The van der Waals surface area contributed by atoms with Crippen molar-refractivity contribution in [2.75, 3.05) is 6.61 Å². The van der Waals surface area contributed by atoms with Gasteiger partial charge in [0.05, 0.1) is 6.20 Å². The summed E-state index contributed by atoms with van der Waals surface area (Å²) < 4.78 is 1.60. The molecule has 0 fully saturated rings. The molecule has 6 nitrogen and oxygen atoms in total. The fraction of sp³-hybridized carbons (Fsp3) is 0.636. The van der Waals surface area contributed by atoms with Crippen LogP contribution in [0.5, 0.6) is 0 Å². The SMILES string of the molecule is CC(CO)C(C)NC(=O)C(N)c1cnn(C)c1. The van der Waals surface area contributed by atoms with Crippen molar-refractivity contribution in [2.24, 2.45) is 18.7 Å². The fourth-order valence-electron chi connectivity index (χ4n) is 1.37. The molecule has 0 aliphatic rings. The van der Waals surface area contributed by atoms with Gasteiger partial charge < -0.3 is 16.2 Å². The first-order valence-electron chi connectivity index (χ1n) is 5.61. The van der Waals surface area contributed by atoms with Gasteiger partial charge in [0, 0.05) is 31.5 Å². The average molecular weight is 240 g/mol. The van der Waals surface area contributed by atoms with Crippen LogP contribution in [0.2, 0.25) is 0 Å². The number of aliphatic hydroxyl groups excluding tert-OH is 1.